The average molecular weight is 581 g/mol. The maximum atomic E-state index is 13.0. The summed E-state index contributed by atoms with van der Waals surface area (Å²) < 4.78 is 50.0. The number of fused-ring (bicyclic) bond motifs is 1. The normalized spacial score (nSPS) is 15.4. The summed E-state index contributed by atoms with van der Waals surface area (Å²) in [5.74, 6) is 0.0826. The number of phenols is 1. The fourth-order valence-corrected chi connectivity index (χ4v) is 6.88. The molecular formula is C25H25ClN2O8S2. The van der Waals surface area contributed by atoms with Gasteiger partial charge in [-0.05, 0) is 42.3 Å². The van der Waals surface area contributed by atoms with Gasteiger partial charge in [-0.15, -0.1) is 11.3 Å². The van der Waals surface area contributed by atoms with Gasteiger partial charge >= 0.3 is 5.97 Å². The number of ether oxygens (including phenoxy) is 4. The molecule has 202 valence electrons. The Labute approximate surface area is 228 Å². The first-order chi connectivity index (χ1) is 18.3. The molecule has 5 rings (SSSR count). The third-order valence-corrected chi connectivity index (χ3v) is 9.25. The van der Waals surface area contributed by atoms with E-state index in [9.17, 15) is 18.3 Å². The van der Waals surface area contributed by atoms with Gasteiger partial charge in [-0.2, -0.15) is 0 Å². The maximum absolute atomic E-state index is 13.0. The van der Waals surface area contributed by atoms with Crippen molar-refractivity contribution in [2.45, 2.75) is 10.6 Å². The molecule has 0 atom stereocenters. The summed E-state index contributed by atoms with van der Waals surface area (Å²) in [6.07, 6.45) is 0.655. The van der Waals surface area contributed by atoms with Crippen LogP contribution in [0.1, 0.15) is 16.8 Å². The van der Waals surface area contributed by atoms with Crippen LogP contribution < -0.4 is 14.2 Å². The van der Waals surface area contributed by atoms with Crippen LogP contribution in [0.25, 0.3) is 11.1 Å². The van der Waals surface area contributed by atoms with Crippen molar-refractivity contribution in [3.05, 3.63) is 52.4 Å². The number of carbonyl (C=O) groups excluding carboxylic acids is 1. The van der Waals surface area contributed by atoms with E-state index in [-0.39, 0.29) is 28.9 Å². The number of thiophene rings is 1. The van der Waals surface area contributed by atoms with Gasteiger partial charge in [-0.3, -0.25) is 9.62 Å². The zero-order valence-corrected chi connectivity index (χ0v) is 22.5. The lowest BCUT2D eigenvalue weighted by molar-refractivity contribution is 0.0297. The van der Waals surface area contributed by atoms with E-state index in [1.807, 2.05) is 0 Å². The Morgan fingerprint density at radius 3 is 2.68 bits per heavy atom. The van der Waals surface area contributed by atoms with Crippen LogP contribution in [-0.4, -0.2) is 70.6 Å². The molecule has 0 unspecified atom stereocenters. The quantitative estimate of drug-likeness (QED) is 0.283. The van der Waals surface area contributed by atoms with Crippen molar-refractivity contribution in [2.24, 2.45) is 0 Å². The summed E-state index contributed by atoms with van der Waals surface area (Å²) in [6, 6.07) is 10.6. The van der Waals surface area contributed by atoms with Crippen LogP contribution >= 0.6 is 22.9 Å². The van der Waals surface area contributed by atoms with Gasteiger partial charge in [0.25, 0.3) is 10.0 Å². The molecule has 3 aromatic rings. The molecule has 0 spiro atoms. The number of hydrogen-bond donors (Lipinski definition) is 2. The summed E-state index contributed by atoms with van der Waals surface area (Å²) >= 11 is 7.27. The number of benzene rings is 2. The molecule has 1 aromatic heterocycles. The second-order valence-corrected chi connectivity index (χ2v) is 12.2. The van der Waals surface area contributed by atoms with Crippen LogP contribution in [-0.2, 0) is 19.5 Å². The molecule has 0 amide bonds. The number of esters is 1. The van der Waals surface area contributed by atoms with Crippen LogP contribution in [0.3, 0.4) is 0 Å². The van der Waals surface area contributed by atoms with Crippen LogP contribution in [0.5, 0.6) is 17.2 Å². The third kappa shape index (κ3) is 6.00. The van der Waals surface area contributed by atoms with Gasteiger partial charge in [0.1, 0.15) is 19.9 Å². The van der Waals surface area contributed by atoms with Gasteiger partial charge in [-0.25, -0.2) is 13.2 Å². The van der Waals surface area contributed by atoms with Gasteiger partial charge in [0, 0.05) is 31.3 Å². The third-order valence-electron chi connectivity index (χ3n) is 6.04. The molecule has 1 saturated heterocycles. The Morgan fingerprint density at radius 1 is 1.11 bits per heavy atom. The standard InChI is InChI=1S/C25H25ClN2O8S2/c26-24-19(16-2-5-21-22(12-16)36-15-35-21)14-23(37-24)38(31,32)27-17-3-4-18(20(29)13-17)25(30)34-9-1-6-28-7-10-33-11-8-28/h2-5,12-14,27,29H,1,6-11,15H2. The van der Waals surface area contributed by atoms with Crippen molar-refractivity contribution in [1.29, 1.82) is 0 Å². The fraction of sp³-hybridized carbons (Fsp3) is 0.320. The van der Waals surface area contributed by atoms with Crippen LogP contribution in [0.4, 0.5) is 5.69 Å². The summed E-state index contributed by atoms with van der Waals surface area (Å²) in [5.41, 5.74) is 1.25. The van der Waals surface area contributed by atoms with Gasteiger partial charge in [0.05, 0.1) is 25.5 Å². The lowest BCUT2D eigenvalue weighted by Gasteiger charge is -2.26. The monoisotopic (exact) mass is 580 g/mol. The molecule has 13 heteroatoms. The van der Waals surface area contributed by atoms with Gasteiger partial charge in [0.2, 0.25) is 6.79 Å². The number of nitrogens with zero attached hydrogens (tertiary/aromatic N) is 1. The van der Waals surface area contributed by atoms with E-state index < -0.39 is 21.7 Å². The van der Waals surface area contributed by atoms with E-state index in [4.69, 9.17) is 30.5 Å². The van der Waals surface area contributed by atoms with Crippen molar-refractivity contribution in [2.75, 3.05) is 51.0 Å². The molecule has 10 nitrogen and oxygen atoms in total. The van der Waals surface area contributed by atoms with Crippen molar-refractivity contribution < 1.29 is 37.3 Å². The van der Waals surface area contributed by atoms with Crippen molar-refractivity contribution in [3.8, 4) is 28.4 Å². The molecule has 0 saturated carbocycles. The number of aromatic hydroxyl groups is 1. The van der Waals surface area contributed by atoms with Crippen LogP contribution in [0, 0.1) is 0 Å². The Morgan fingerprint density at radius 2 is 1.89 bits per heavy atom. The molecule has 0 aliphatic carbocycles. The lowest BCUT2D eigenvalue weighted by Crippen LogP contribution is -2.37. The topological polar surface area (TPSA) is 124 Å². The minimum absolute atomic E-state index is 0.0154. The number of hydrogen-bond acceptors (Lipinski definition) is 10. The smallest absolute Gasteiger partial charge is 0.341 e. The molecule has 2 N–H and O–H groups in total. The second-order valence-electron chi connectivity index (χ2n) is 8.60. The highest BCUT2D eigenvalue weighted by Crippen LogP contribution is 2.42. The summed E-state index contributed by atoms with van der Waals surface area (Å²) in [5, 5.41) is 10.4. The zero-order chi connectivity index (χ0) is 26.7. The van der Waals surface area contributed by atoms with E-state index in [0.29, 0.717) is 46.6 Å². The fourth-order valence-electron chi connectivity index (χ4n) is 4.07. The molecular weight excluding hydrogens is 556 g/mol. The molecule has 2 aliphatic heterocycles. The van der Waals surface area contributed by atoms with Crippen molar-refractivity contribution >= 4 is 44.6 Å². The predicted molar refractivity (Wildman–Crippen MR) is 142 cm³/mol. The summed E-state index contributed by atoms with van der Waals surface area (Å²) in [4.78, 5) is 14.6. The summed E-state index contributed by atoms with van der Waals surface area (Å²) in [6.45, 7) is 4.21. The first-order valence-corrected chi connectivity index (χ1v) is 14.5. The number of nitrogens with one attached hydrogen (secondary N) is 1. The lowest BCUT2D eigenvalue weighted by atomic mass is 10.1. The van der Waals surface area contributed by atoms with Crippen molar-refractivity contribution in [3.63, 3.8) is 0 Å². The van der Waals surface area contributed by atoms with E-state index in [2.05, 4.69) is 9.62 Å². The molecule has 2 aromatic carbocycles. The second kappa shape index (κ2) is 11.4. The van der Waals surface area contributed by atoms with Gasteiger partial charge in [-0.1, -0.05) is 17.7 Å². The minimum Gasteiger partial charge on any atom is -0.507 e. The maximum Gasteiger partial charge on any atom is 0.341 e. The van der Waals surface area contributed by atoms with E-state index in [1.165, 1.54) is 18.2 Å². The van der Waals surface area contributed by atoms with Crippen LogP contribution in [0.2, 0.25) is 4.34 Å². The van der Waals surface area contributed by atoms with Gasteiger partial charge in [0.15, 0.2) is 11.5 Å². The Bertz CT molecular complexity index is 1440. The predicted octanol–water partition coefficient (Wildman–Crippen LogP) is 4.18. The largest absolute Gasteiger partial charge is 0.507 e. The Balaban J connectivity index is 1.21. The Hall–Kier alpha value is -3.03. The number of rotatable bonds is 9. The van der Waals surface area contributed by atoms with Gasteiger partial charge < -0.3 is 24.1 Å². The molecule has 2 aliphatic rings. The highest BCUT2D eigenvalue weighted by molar-refractivity contribution is 7.94. The molecule has 0 radical (unpaired) electrons. The molecule has 38 heavy (non-hydrogen) atoms. The number of carbonyl (C=O) groups is 1. The first-order valence-electron chi connectivity index (χ1n) is 11.8. The van der Waals surface area contributed by atoms with Crippen molar-refractivity contribution in [1.82, 2.24) is 4.90 Å². The molecule has 1 fully saturated rings. The van der Waals surface area contributed by atoms with E-state index in [0.717, 1.165) is 37.0 Å². The van der Waals surface area contributed by atoms with Crippen LogP contribution in [0.15, 0.2) is 46.7 Å². The number of phenolic OH excluding ortho intramolecular Hbond substituents is 1. The average Bonchev–Trinajstić information content (AvgIpc) is 3.53. The van der Waals surface area contributed by atoms with E-state index >= 15 is 0 Å². The Kier molecular flexibility index (Phi) is 7.96. The number of halogens is 1. The first kappa shape index (κ1) is 26.6. The SMILES string of the molecule is O=C(OCCCN1CCOCC1)c1ccc(NS(=O)(=O)c2cc(-c3ccc4c(c3)OCO4)c(Cl)s2)cc1O. The summed E-state index contributed by atoms with van der Waals surface area (Å²) in [7, 11) is -4.03. The zero-order valence-electron chi connectivity index (χ0n) is 20.1. The number of morpholine rings is 1. The molecule has 3 heterocycles. The molecule has 0 bridgehead atoms. The number of sulfonamides is 1. The number of anilines is 1. The minimum atomic E-state index is -4.03. The highest BCUT2D eigenvalue weighted by Gasteiger charge is 2.23. The van der Waals surface area contributed by atoms with E-state index in [1.54, 1.807) is 18.2 Å². The highest BCUT2D eigenvalue weighted by atomic mass is 35.5.